The Morgan fingerprint density at radius 2 is 1.67 bits per heavy atom. The van der Waals surface area contributed by atoms with E-state index in [1.165, 1.54) is 0 Å². The number of hydrogen-bond acceptors (Lipinski definition) is 3. The number of amides is 2. The van der Waals surface area contributed by atoms with E-state index in [0.717, 1.165) is 5.56 Å². The SMILES string of the molecule is CC(C=C1C(=O)NC(=S)NC1=O)c1ccccc1. The highest BCUT2D eigenvalue weighted by atomic mass is 32.1. The van der Waals surface area contributed by atoms with Crippen molar-refractivity contribution in [2.24, 2.45) is 0 Å². The van der Waals surface area contributed by atoms with E-state index in [1.54, 1.807) is 6.08 Å². The summed E-state index contributed by atoms with van der Waals surface area (Å²) in [6.07, 6.45) is 1.64. The van der Waals surface area contributed by atoms with Crippen LogP contribution in [0.15, 0.2) is 42.0 Å². The van der Waals surface area contributed by atoms with Crippen LogP contribution in [0.1, 0.15) is 18.4 Å². The summed E-state index contributed by atoms with van der Waals surface area (Å²) in [7, 11) is 0. The van der Waals surface area contributed by atoms with Gasteiger partial charge in [0.1, 0.15) is 5.57 Å². The highest BCUT2D eigenvalue weighted by molar-refractivity contribution is 7.80. The lowest BCUT2D eigenvalue weighted by Crippen LogP contribution is -2.51. The molecule has 1 aromatic rings. The molecule has 1 unspecified atom stereocenters. The molecule has 5 heteroatoms. The Morgan fingerprint density at radius 3 is 2.22 bits per heavy atom. The number of thiocarbonyl (C=S) groups is 1. The van der Waals surface area contributed by atoms with E-state index < -0.39 is 11.8 Å². The molecule has 2 amide bonds. The number of allylic oxidation sites excluding steroid dienone is 1. The summed E-state index contributed by atoms with van der Waals surface area (Å²) in [6, 6.07) is 9.65. The summed E-state index contributed by atoms with van der Waals surface area (Å²) in [6.45, 7) is 1.93. The van der Waals surface area contributed by atoms with E-state index in [1.807, 2.05) is 37.3 Å². The number of carbonyl (C=O) groups is 2. The molecule has 1 fully saturated rings. The van der Waals surface area contributed by atoms with Crippen LogP contribution in [0.3, 0.4) is 0 Å². The molecular weight excluding hydrogens is 248 g/mol. The number of nitrogens with one attached hydrogen (secondary N) is 2. The minimum absolute atomic E-state index is 0.0237. The van der Waals surface area contributed by atoms with Crippen LogP contribution in [-0.2, 0) is 9.59 Å². The standard InChI is InChI=1S/C13H12N2O2S/c1-8(9-5-3-2-4-6-9)7-10-11(16)14-13(18)15-12(10)17/h2-8H,1H3,(H2,14,15,16,17,18). The molecule has 1 atom stereocenters. The van der Waals surface area contributed by atoms with Crippen molar-refractivity contribution in [3.8, 4) is 0 Å². The van der Waals surface area contributed by atoms with Gasteiger partial charge in [0.2, 0.25) is 0 Å². The molecule has 2 N–H and O–H groups in total. The van der Waals surface area contributed by atoms with Crippen molar-refractivity contribution < 1.29 is 9.59 Å². The van der Waals surface area contributed by atoms with Crippen LogP contribution in [0.5, 0.6) is 0 Å². The minimum atomic E-state index is -0.452. The summed E-state index contributed by atoms with van der Waals surface area (Å²) < 4.78 is 0. The van der Waals surface area contributed by atoms with Crippen molar-refractivity contribution in [1.82, 2.24) is 10.6 Å². The topological polar surface area (TPSA) is 58.2 Å². The molecular formula is C13H12N2O2S. The summed E-state index contributed by atoms with van der Waals surface area (Å²) in [5.74, 6) is -0.928. The second-order valence-corrected chi connectivity index (χ2v) is 4.43. The summed E-state index contributed by atoms with van der Waals surface area (Å²) in [4.78, 5) is 23.3. The normalized spacial score (nSPS) is 16.9. The Kier molecular flexibility index (Phi) is 3.53. The summed E-state index contributed by atoms with van der Waals surface area (Å²) in [5.41, 5.74) is 1.14. The molecule has 0 radical (unpaired) electrons. The molecule has 18 heavy (non-hydrogen) atoms. The van der Waals surface area contributed by atoms with Crippen LogP contribution in [0.25, 0.3) is 0 Å². The van der Waals surface area contributed by atoms with Crippen LogP contribution in [0.2, 0.25) is 0 Å². The average molecular weight is 260 g/mol. The van der Waals surface area contributed by atoms with Gasteiger partial charge >= 0.3 is 0 Å². The summed E-state index contributed by atoms with van der Waals surface area (Å²) in [5, 5.41) is 4.87. The number of carbonyl (C=O) groups excluding carboxylic acids is 2. The summed E-state index contributed by atoms with van der Waals surface area (Å²) >= 11 is 4.73. The van der Waals surface area contributed by atoms with Gasteiger partial charge in [-0.15, -0.1) is 0 Å². The maximum atomic E-state index is 11.7. The molecule has 4 nitrogen and oxygen atoms in total. The van der Waals surface area contributed by atoms with Gasteiger partial charge in [-0.2, -0.15) is 0 Å². The molecule has 0 aliphatic carbocycles. The van der Waals surface area contributed by atoms with Crippen molar-refractivity contribution in [3.05, 3.63) is 47.5 Å². The molecule has 1 aliphatic heterocycles. The fraction of sp³-hybridized carbons (Fsp3) is 0.154. The predicted molar refractivity (Wildman–Crippen MR) is 71.8 cm³/mol. The van der Waals surface area contributed by atoms with Crippen LogP contribution >= 0.6 is 12.2 Å². The highest BCUT2D eigenvalue weighted by Gasteiger charge is 2.26. The molecule has 0 bridgehead atoms. The molecule has 2 rings (SSSR count). The van der Waals surface area contributed by atoms with E-state index in [9.17, 15) is 9.59 Å². The minimum Gasteiger partial charge on any atom is -0.299 e. The molecule has 1 heterocycles. The van der Waals surface area contributed by atoms with E-state index in [2.05, 4.69) is 10.6 Å². The largest absolute Gasteiger partial charge is 0.299 e. The second kappa shape index (κ2) is 5.10. The fourth-order valence-electron chi connectivity index (χ4n) is 1.73. The van der Waals surface area contributed by atoms with E-state index in [4.69, 9.17) is 12.2 Å². The predicted octanol–water partition coefficient (Wildman–Crippen LogP) is 1.25. The van der Waals surface area contributed by atoms with Crippen LogP contribution in [0, 0.1) is 0 Å². The number of hydrogen-bond donors (Lipinski definition) is 2. The van der Waals surface area contributed by atoms with Gasteiger partial charge in [-0.05, 0) is 17.8 Å². The van der Waals surface area contributed by atoms with Gasteiger partial charge in [0.05, 0.1) is 0 Å². The molecule has 0 spiro atoms. The van der Waals surface area contributed by atoms with Crippen molar-refractivity contribution in [3.63, 3.8) is 0 Å². The number of rotatable bonds is 2. The van der Waals surface area contributed by atoms with E-state index in [0.29, 0.717) is 0 Å². The maximum Gasteiger partial charge on any atom is 0.262 e. The molecule has 0 aromatic heterocycles. The van der Waals surface area contributed by atoms with Gasteiger partial charge in [-0.25, -0.2) is 0 Å². The van der Waals surface area contributed by atoms with Gasteiger partial charge in [0, 0.05) is 5.92 Å². The third-order valence-corrected chi connectivity index (χ3v) is 2.89. The first kappa shape index (κ1) is 12.4. The van der Waals surface area contributed by atoms with Gasteiger partial charge in [0.25, 0.3) is 11.8 Å². The smallest absolute Gasteiger partial charge is 0.262 e. The Labute approximate surface area is 110 Å². The molecule has 92 valence electrons. The van der Waals surface area contributed by atoms with E-state index in [-0.39, 0.29) is 16.6 Å². The van der Waals surface area contributed by atoms with Gasteiger partial charge < -0.3 is 0 Å². The highest BCUT2D eigenvalue weighted by Crippen LogP contribution is 2.18. The lowest BCUT2D eigenvalue weighted by molar-refractivity contribution is -0.123. The fourth-order valence-corrected chi connectivity index (χ4v) is 1.91. The Hall–Kier alpha value is -2.01. The van der Waals surface area contributed by atoms with Gasteiger partial charge in [-0.1, -0.05) is 43.3 Å². The quantitative estimate of drug-likeness (QED) is 0.478. The van der Waals surface area contributed by atoms with Crippen LogP contribution < -0.4 is 10.6 Å². The Bertz CT molecular complexity index is 515. The van der Waals surface area contributed by atoms with Crippen molar-refractivity contribution in [2.75, 3.05) is 0 Å². The maximum absolute atomic E-state index is 11.7. The van der Waals surface area contributed by atoms with Crippen molar-refractivity contribution in [1.29, 1.82) is 0 Å². The second-order valence-electron chi connectivity index (χ2n) is 4.02. The molecule has 0 saturated carbocycles. The zero-order valence-electron chi connectivity index (χ0n) is 9.77. The Balaban J connectivity index is 2.25. The van der Waals surface area contributed by atoms with Crippen molar-refractivity contribution >= 4 is 29.1 Å². The zero-order valence-corrected chi connectivity index (χ0v) is 10.6. The molecule has 1 aliphatic rings. The lowest BCUT2D eigenvalue weighted by Gasteiger charge is -2.17. The number of benzene rings is 1. The van der Waals surface area contributed by atoms with Crippen LogP contribution in [-0.4, -0.2) is 16.9 Å². The monoisotopic (exact) mass is 260 g/mol. The van der Waals surface area contributed by atoms with Crippen molar-refractivity contribution in [2.45, 2.75) is 12.8 Å². The Morgan fingerprint density at radius 1 is 1.11 bits per heavy atom. The van der Waals surface area contributed by atoms with Gasteiger partial charge in [0.15, 0.2) is 5.11 Å². The third-order valence-electron chi connectivity index (χ3n) is 2.69. The van der Waals surface area contributed by atoms with Crippen LogP contribution in [0.4, 0.5) is 0 Å². The first-order valence-electron chi connectivity index (χ1n) is 5.51. The van der Waals surface area contributed by atoms with Gasteiger partial charge in [-0.3, -0.25) is 20.2 Å². The first-order valence-corrected chi connectivity index (χ1v) is 5.92. The lowest BCUT2D eigenvalue weighted by atomic mass is 9.97. The van der Waals surface area contributed by atoms with E-state index >= 15 is 0 Å². The average Bonchev–Trinajstić information content (AvgIpc) is 2.34. The zero-order chi connectivity index (χ0) is 13.1. The molecule has 1 saturated heterocycles. The first-order chi connectivity index (χ1) is 8.58. The molecule has 1 aromatic carbocycles. The third kappa shape index (κ3) is 2.62.